The van der Waals surface area contributed by atoms with Crippen LogP contribution in [0.3, 0.4) is 0 Å². The second kappa shape index (κ2) is 12.2. The molecule has 2 N–H and O–H groups in total. The maximum absolute atomic E-state index is 12.9. The van der Waals surface area contributed by atoms with E-state index in [1.807, 2.05) is 18.2 Å². The summed E-state index contributed by atoms with van der Waals surface area (Å²) in [6.45, 7) is 12.8. The van der Waals surface area contributed by atoms with E-state index in [4.69, 9.17) is 0 Å². The number of nitrogens with one attached hydrogen (secondary N) is 2. The van der Waals surface area contributed by atoms with Crippen molar-refractivity contribution in [1.29, 1.82) is 0 Å². The number of nitrogens with zero attached hydrogens (tertiary/aromatic N) is 2. The van der Waals surface area contributed by atoms with Gasteiger partial charge in [-0.2, -0.15) is 0 Å². The molecule has 2 amide bonds. The fourth-order valence-electron chi connectivity index (χ4n) is 3.35. The Labute approximate surface area is 207 Å². The predicted octanol–water partition coefficient (Wildman–Crippen LogP) is 4.20. The average Bonchev–Trinajstić information content (AvgIpc) is 3.46. The molecule has 1 aromatic carbocycles. The van der Waals surface area contributed by atoms with Crippen LogP contribution in [0.5, 0.6) is 0 Å². The number of thiazole rings is 1. The largest absolute Gasteiger partial charge is 0.343 e. The molecule has 0 bridgehead atoms. The highest BCUT2D eigenvalue weighted by Crippen LogP contribution is 2.34. The third-order valence-corrected chi connectivity index (χ3v) is 6.11. The van der Waals surface area contributed by atoms with Crippen molar-refractivity contribution in [3.8, 4) is 0 Å². The third kappa shape index (κ3) is 8.02. The molecule has 1 aliphatic rings. The maximum Gasteiger partial charge on any atom is 0.245 e. The van der Waals surface area contributed by atoms with Crippen molar-refractivity contribution in [2.24, 2.45) is 5.41 Å². The molecule has 186 valence electrons. The number of aromatic nitrogens is 1. The zero-order valence-corrected chi connectivity index (χ0v) is 22.2. The quantitative estimate of drug-likeness (QED) is 0.572. The second-order valence-corrected chi connectivity index (χ2v) is 11.1. The van der Waals surface area contributed by atoms with Crippen LogP contribution in [0.1, 0.15) is 81.5 Å². The number of ketones is 1. The maximum atomic E-state index is 12.9. The normalized spacial score (nSPS) is 17.4. The molecule has 0 spiro atoms. The van der Waals surface area contributed by atoms with Crippen LogP contribution in [0.4, 0.5) is 0 Å². The van der Waals surface area contributed by atoms with Crippen molar-refractivity contribution in [3.63, 3.8) is 0 Å². The van der Waals surface area contributed by atoms with E-state index in [9.17, 15) is 14.4 Å². The SMILES string of the molecule is CC(C)(C)C.CN[C@@H](C)C(=O)N[C@@H](C)C(=O)N1CCC[C@H]1c1nc(C(=O)c2ccccc2)cs1. The van der Waals surface area contributed by atoms with Gasteiger partial charge in [0.1, 0.15) is 16.7 Å². The van der Waals surface area contributed by atoms with Crippen LogP contribution in [0, 0.1) is 5.41 Å². The summed E-state index contributed by atoms with van der Waals surface area (Å²) < 4.78 is 0. The average molecular weight is 487 g/mol. The Balaban J connectivity index is 0.000000739. The summed E-state index contributed by atoms with van der Waals surface area (Å²) in [6.07, 6.45) is 1.66. The number of likely N-dealkylation sites (N-methyl/N-ethyl adjacent to an activating group) is 1. The van der Waals surface area contributed by atoms with E-state index in [0.717, 1.165) is 17.8 Å². The van der Waals surface area contributed by atoms with Crippen molar-refractivity contribution in [2.45, 2.75) is 72.5 Å². The van der Waals surface area contributed by atoms with Gasteiger partial charge in [0, 0.05) is 17.5 Å². The van der Waals surface area contributed by atoms with Gasteiger partial charge in [-0.05, 0) is 39.2 Å². The van der Waals surface area contributed by atoms with Crippen molar-refractivity contribution < 1.29 is 14.4 Å². The van der Waals surface area contributed by atoms with Crippen LogP contribution in [-0.4, -0.2) is 53.2 Å². The Morgan fingerprint density at radius 1 is 1.09 bits per heavy atom. The molecule has 1 aromatic heterocycles. The molecular formula is C26H38N4O3S. The highest BCUT2D eigenvalue weighted by Gasteiger charge is 2.35. The molecule has 7 nitrogen and oxygen atoms in total. The second-order valence-electron chi connectivity index (χ2n) is 10.2. The molecule has 2 aromatic rings. The van der Waals surface area contributed by atoms with Crippen LogP contribution in [-0.2, 0) is 9.59 Å². The number of amides is 2. The Hall–Kier alpha value is -2.58. The molecule has 2 heterocycles. The summed E-state index contributed by atoms with van der Waals surface area (Å²) in [4.78, 5) is 43.9. The number of hydrogen-bond acceptors (Lipinski definition) is 6. The molecule has 1 aliphatic heterocycles. The zero-order chi connectivity index (χ0) is 25.5. The van der Waals surface area contributed by atoms with E-state index in [1.54, 1.807) is 43.3 Å². The summed E-state index contributed by atoms with van der Waals surface area (Å²) in [6, 6.07) is 7.89. The number of benzene rings is 1. The summed E-state index contributed by atoms with van der Waals surface area (Å²) in [7, 11) is 1.70. The Kier molecular flexibility index (Phi) is 9.94. The number of hydrogen-bond donors (Lipinski definition) is 2. The van der Waals surface area contributed by atoms with Gasteiger partial charge in [0.15, 0.2) is 0 Å². The van der Waals surface area contributed by atoms with Crippen LogP contribution in [0.15, 0.2) is 35.7 Å². The molecule has 8 heteroatoms. The first-order valence-corrected chi connectivity index (χ1v) is 12.6. The van der Waals surface area contributed by atoms with E-state index in [0.29, 0.717) is 23.2 Å². The smallest absolute Gasteiger partial charge is 0.245 e. The molecule has 0 unspecified atom stereocenters. The lowest BCUT2D eigenvalue weighted by molar-refractivity contribution is -0.137. The zero-order valence-electron chi connectivity index (χ0n) is 21.3. The van der Waals surface area contributed by atoms with Gasteiger partial charge in [0.25, 0.3) is 0 Å². The van der Waals surface area contributed by atoms with Crippen LogP contribution >= 0.6 is 11.3 Å². The predicted molar refractivity (Wildman–Crippen MR) is 137 cm³/mol. The van der Waals surface area contributed by atoms with Crippen LogP contribution in [0.2, 0.25) is 0 Å². The molecule has 1 fully saturated rings. The first kappa shape index (κ1) is 27.7. The summed E-state index contributed by atoms with van der Waals surface area (Å²) in [5.41, 5.74) is 1.50. The van der Waals surface area contributed by atoms with Gasteiger partial charge in [-0.25, -0.2) is 4.98 Å². The standard InChI is InChI=1S/C21H26N4O3S.C5H12/c1-13(22-3)19(27)23-14(2)21(28)25-11-7-10-17(25)20-24-16(12-29-20)18(26)15-8-5-4-6-9-15;1-5(2,3)4/h4-6,8-9,12-14,17,22H,7,10-11H2,1-3H3,(H,23,27);1-4H3/t13-,14-,17-;/m0./s1. The van der Waals surface area contributed by atoms with Crippen molar-refractivity contribution >= 4 is 28.9 Å². The van der Waals surface area contributed by atoms with E-state index in [2.05, 4.69) is 43.3 Å². The van der Waals surface area contributed by atoms with Gasteiger partial charge in [-0.15, -0.1) is 11.3 Å². The Bertz CT molecular complexity index is 962. The van der Waals surface area contributed by atoms with Gasteiger partial charge in [-0.3, -0.25) is 14.4 Å². The van der Waals surface area contributed by atoms with Crippen LogP contribution in [0.25, 0.3) is 0 Å². The first-order valence-electron chi connectivity index (χ1n) is 11.8. The van der Waals surface area contributed by atoms with Crippen molar-refractivity contribution in [3.05, 3.63) is 52.0 Å². The fraction of sp³-hybridized carbons (Fsp3) is 0.538. The van der Waals surface area contributed by atoms with Gasteiger partial charge in [0.2, 0.25) is 17.6 Å². The third-order valence-electron chi connectivity index (χ3n) is 5.17. The lowest BCUT2D eigenvalue weighted by atomic mass is 10.0. The molecule has 3 atom stereocenters. The fourth-order valence-corrected chi connectivity index (χ4v) is 4.29. The van der Waals surface area contributed by atoms with E-state index in [-0.39, 0.29) is 29.7 Å². The van der Waals surface area contributed by atoms with E-state index < -0.39 is 6.04 Å². The Morgan fingerprint density at radius 3 is 2.29 bits per heavy atom. The van der Waals surface area contributed by atoms with Crippen LogP contribution < -0.4 is 10.6 Å². The van der Waals surface area contributed by atoms with Crippen molar-refractivity contribution in [2.75, 3.05) is 13.6 Å². The summed E-state index contributed by atoms with van der Waals surface area (Å²) in [5, 5.41) is 8.14. The van der Waals surface area contributed by atoms with E-state index in [1.165, 1.54) is 11.3 Å². The van der Waals surface area contributed by atoms with Gasteiger partial charge in [-0.1, -0.05) is 58.0 Å². The molecule has 3 rings (SSSR count). The van der Waals surface area contributed by atoms with Crippen molar-refractivity contribution in [1.82, 2.24) is 20.5 Å². The summed E-state index contributed by atoms with van der Waals surface area (Å²) >= 11 is 1.40. The monoisotopic (exact) mass is 486 g/mol. The minimum Gasteiger partial charge on any atom is -0.343 e. The van der Waals surface area contributed by atoms with Gasteiger partial charge < -0.3 is 15.5 Å². The molecule has 0 radical (unpaired) electrons. The van der Waals surface area contributed by atoms with Gasteiger partial charge >= 0.3 is 0 Å². The lowest BCUT2D eigenvalue weighted by Crippen LogP contribution is -2.51. The molecule has 1 saturated heterocycles. The molecule has 34 heavy (non-hydrogen) atoms. The molecule has 0 saturated carbocycles. The number of carbonyl (C=O) groups excluding carboxylic acids is 3. The van der Waals surface area contributed by atoms with E-state index >= 15 is 0 Å². The minimum absolute atomic E-state index is 0.120. The highest BCUT2D eigenvalue weighted by atomic mass is 32.1. The topological polar surface area (TPSA) is 91.4 Å². The number of rotatable bonds is 7. The highest BCUT2D eigenvalue weighted by molar-refractivity contribution is 7.10. The number of likely N-dealkylation sites (tertiary alicyclic amines) is 1. The minimum atomic E-state index is -0.621. The van der Waals surface area contributed by atoms with Gasteiger partial charge in [0.05, 0.1) is 12.1 Å². The summed E-state index contributed by atoms with van der Waals surface area (Å²) in [5.74, 6) is -0.463. The molecular weight excluding hydrogens is 448 g/mol. The first-order chi connectivity index (χ1) is 15.9. The Morgan fingerprint density at radius 2 is 1.71 bits per heavy atom. The lowest BCUT2D eigenvalue weighted by Gasteiger charge is -2.27. The number of carbonyl (C=O) groups is 3. The molecule has 0 aliphatic carbocycles.